The van der Waals surface area contributed by atoms with Crippen LogP contribution in [0.25, 0.3) is 0 Å². The molecule has 1 aromatic heterocycles. The molecule has 132 valence electrons. The number of hydrogen-bond donors (Lipinski definition) is 2. The minimum Gasteiger partial charge on any atom is -0.464 e. The van der Waals surface area contributed by atoms with Gasteiger partial charge in [0.1, 0.15) is 13.2 Å². The third-order valence-electron chi connectivity index (χ3n) is 3.54. The molecule has 1 aliphatic heterocycles. The van der Waals surface area contributed by atoms with E-state index in [2.05, 4.69) is 4.98 Å². The molecule has 1 atom stereocenters. The van der Waals surface area contributed by atoms with Crippen LogP contribution in [0.3, 0.4) is 0 Å². The van der Waals surface area contributed by atoms with Crippen LogP contribution in [-0.2, 0) is 31.9 Å². The normalized spacial score (nSPS) is 19.1. The lowest BCUT2D eigenvalue weighted by atomic mass is 10.2. The first-order valence-corrected chi connectivity index (χ1v) is 7.84. The number of nitrogens with zero attached hydrogens (tertiary/aromatic N) is 2. The van der Waals surface area contributed by atoms with Gasteiger partial charge in [-0.3, -0.25) is 19.5 Å². The van der Waals surface area contributed by atoms with Crippen molar-refractivity contribution in [2.24, 2.45) is 0 Å². The van der Waals surface area contributed by atoms with Crippen molar-refractivity contribution < 1.29 is 29.3 Å². The predicted octanol–water partition coefficient (Wildman–Crippen LogP) is -1.08. The topological polar surface area (TPSA) is 109 Å². The summed E-state index contributed by atoms with van der Waals surface area (Å²) >= 11 is 0. The molecule has 8 heteroatoms. The maximum Gasteiger partial charge on any atom is 0.311 e. The number of cyclic esters (lactones) is 2. The molecule has 8 nitrogen and oxygen atoms in total. The second kappa shape index (κ2) is 9.31. The van der Waals surface area contributed by atoms with E-state index in [0.29, 0.717) is 24.5 Å². The summed E-state index contributed by atoms with van der Waals surface area (Å²) in [6.45, 7) is 0.861. The van der Waals surface area contributed by atoms with Gasteiger partial charge < -0.3 is 19.7 Å². The first-order chi connectivity index (χ1) is 11.6. The first-order valence-electron chi connectivity index (χ1n) is 7.84. The third-order valence-corrected chi connectivity index (χ3v) is 3.54. The summed E-state index contributed by atoms with van der Waals surface area (Å²) in [5.41, 5.74) is 1.07. The van der Waals surface area contributed by atoms with Crippen LogP contribution in [-0.4, -0.2) is 77.6 Å². The summed E-state index contributed by atoms with van der Waals surface area (Å²) in [5, 5.41) is 18.5. The molecule has 2 heterocycles. The van der Waals surface area contributed by atoms with Gasteiger partial charge in [-0.25, -0.2) is 0 Å². The fraction of sp³-hybridized carbons (Fsp3) is 0.562. The number of pyridine rings is 1. The van der Waals surface area contributed by atoms with E-state index in [1.807, 2.05) is 0 Å². The number of aliphatic hydroxyl groups is 2. The van der Waals surface area contributed by atoms with Gasteiger partial charge in [-0.1, -0.05) is 6.07 Å². The number of ether oxygens (including phenoxy) is 2. The molecular formula is C16H22N2O6. The zero-order valence-electron chi connectivity index (χ0n) is 13.4. The van der Waals surface area contributed by atoms with Gasteiger partial charge in [0.05, 0.1) is 36.9 Å². The van der Waals surface area contributed by atoms with Crippen molar-refractivity contribution in [3.05, 3.63) is 29.6 Å². The molecule has 0 saturated heterocycles. The lowest BCUT2D eigenvalue weighted by Crippen LogP contribution is -2.39. The molecular weight excluding hydrogens is 316 g/mol. The highest BCUT2D eigenvalue weighted by molar-refractivity contribution is 5.73. The van der Waals surface area contributed by atoms with Crippen LogP contribution in [0.5, 0.6) is 0 Å². The quantitative estimate of drug-likeness (QED) is 0.670. The SMILES string of the molecule is O=C1Cc2cccc(n2)CC(=O)OCCN(CC(O)CO)CCO1. The number of carbonyl (C=O) groups excluding carboxylic acids is 2. The van der Waals surface area contributed by atoms with E-state index >= 15 is 0 Å². The lowest BCUT2D eigenvalue weighted by molar-refractivity contribution is -0.144. The van der Waals surface area contributed by atoms with E-state index in [1.165, 1.54) is 0 Å². The fourth-order valence-electron chi connectivity index (χ4n) is 2.35. The molecule has 0 saturated carbocycles. The third kappa shape index (κ3) is 6.23. The van der Waals surface area contributed by atoms with Crippen molar-refractivity contribution in [3.8, 4) is 0 Å². The molecule has 2 N–H and O–H groups in total. The number of carbonyl (C=O) groups is 2. The van der Waals surface area contributed by atoms with E-state index < -0.39 is 18.0 Å². The molecule has 0 aromatic carbocycles. The molecule has 0 aliphatic carbocycles. The van der Waals surface area contributed by atoms with Crippen LogP contribution in [0.2, 0.25) is 0 Å². The molecule has 24 heavy (non-hydrogen) atoms. The van der Waals surface area contributed by atoms with Gasteiger partial charge in [-0.05, 0) is 12.1 Å². The summed E-state index contributed by atoms with van der Waals surface area (Å²) in [7, 11) is 0. The van der Waals surface area contributed by atoms with Gasteiger partial charge in [0, 0.05) is 19.6 Å². The summed E-state index contributed by atoms with van der Waals surface area (Å²) < 4.78 is 10.4. The highest BCUT2D eigenvalue weighted by Gasteiger charge is 2.15. The van der Waals surface area contributed by atoms with Gasteiger partial charge >= 0.3 is 11.9 Å². The van der Waals surface area contributed by atoms with Crippen LogP contribution in [0.1, 0.15) is 11.4 Å². The Balaban J connectivity index is 2.03. The van der Waals surface area contributed by atoms with Gasteiger partial charge in [-0.15, -0.1) is 0 Å². The zero-order chi connectivity index (χ0) is 17.4. The second-order valence-electron chi connectivity index (χ2n) is 5.55. The van der Waals surface area contributed by atoms with Crippen LogP contribution in [0.4, 0.5) is 0 Å². The number of fused-ring (bicyclic) bond motifs is 2. The zero-order valence-corrected chi connectivity index (χ0v) is 13.4. The standard InChI is InChI=1S/C16H22N2O6/c19-11-14(20)10-18-4-6-23-15(21)8-12-2-1-3-13(17-12)9-16(22)24-7-5-18/h1-3,14,19-20H,4-11H2. The Morgan fingerprint density at radius 1 is 1.08 bits per heavy atom. The molecule has 0 fully saturated rings. The Morgan fingerprint density at radius 2 is 1.62 bits per heavy atom. The summed E-state index contributed by atoms with van der Waals surface area (Å²) in [6.07, 6.45) is -0.844. The Labute approximate surface area is 140 Å². The predicted molar refractivity (Wildman–Crippen MR) is 83.1 cm³/mol. The minimum atomic E-state index is -0.903. The number of hydrogen-bond acceptors (Lipinski definition) is 8. The Hall–Kier alpha value is -2.03. The Morgan fingerprint density at radius 3 is 2.12 bits per heavy atom. The number of β-amino-alcohol motifs (C(OH)–C–C–N with tert-alkyl or cyclic N) is 1. The smallest absolute Gasteiger partial charge is 0.311 e. The molecule has 0 amide bonds. The van der Waals surface area contributed by atoms with E-state index in [1.54, 1.807) is 23.1 Å². The van der Waals surface area contributed by atoms with Crippen molar-refractivity contribution >= 4 is 11.9 Å². The van der Waals surface area contributed by atoms with Crippen molar-refractivity contribution in [2.45, 2.75) is 18.9 Å². The molecule has 2 rings (SSSR count). The lowest BCUT2D eigenvalue weighted by Gasteiger charge is -2.24. The van der Waals surface area contributed by atoms with E-state index in [-0.39, 0.29) is 39.2 Å². The van der Waals surface area contributed by atoms with Crippen LogP contribution >= 0.6 is 0 Å². The molecule has 1 aromatic rings. The number of aromatic nitrogens is 1. The van der Waals surface area contributed by atoms with Crippen LogP contribution in [0, 0.1) is 0 Å². The average Bonchev–Trinajstić information content (AvgIpc) is 2.54. The monoisotopic (exact) mass is 338 g/mol. The van der Waals surface area contributed by atoms with E-state index in [0.717, 1.165) is 0 Å². The van der Waals surface area contributed by atoms with Crippen LogP contribution < -0.4 is 0 Å². The minimum absolute atomic E-state index is 0.0299. The number of aliphatic hydroxyl groups excluding tert-OH is 2. The van der Waals surface area contributed by atoms with Crippen molar-refractivity contribution in [1.29, 1.82) is 0 Å². The Bertz CT molecular complexity index is 526. The van der Waals surface area contributed by atoms with Crippen molar-refractivity contribution in [1.82, 2.24) is 9.88 Å². The van der Waals surface area contributed by atoms with E-state index in [4.69, 9.17) is 14.6 Å². The number of esters is 2. The molecule has 1 aliphatic rings. The summed E-state index contributed by atoms with van der Waals surface area (Å²) in [6, 6.07) is 5.14. The van der Waals surface area contributed by atoms with Crippen molar-refractivity contribution in [2.75, 3.05) is 39.5 Å². The number of rotatable bonds is 3. The second-order valence-corrected chi connectivity index (χ2v) is 5.55. The van der Waals surface area contributed by atoms with Crippen molar-refractivity contribution in [3.63, 3.8) is 0 Å². The molecule has 0 radical (unpaired) electrons. The molecule has 0 spiro atoms. The molecule has 1 unspecified atom stereocenters. The maximum absolute atomic E-state index is 11.8. The van der Waals surface area contributed by atoms with Gasteiger partial charge in [-0.2, -0.15) is 0 Å². The average molecular weight is 338 g/mol. The fourth-order valence-corrected chi connectivity index (χ4v) is 2.35. The maximum atomic E-state index is 11.8. The largest absolute Gasteiger partial charge is 0.464 e. The van der Waals surface area contributed by atoms with Gasteiger partial charge in [0.15, 0.2) is 0 Å². The highest BCUT2D eigenvalue weighted by Crippen LogP contribution is 2.05. The van der Waals surface area contributed by atoms with E-state index in [9.17, 15) is 14.7 Å². The van der Waals surface area contributed by atoms with Gasteiger partial charge in [0.2, 0.25) is 0 Å². The first kappa shape index (κ1) is 18.3. The highest BCUT2D eigenvalue weighted by atomic mass is 16.5. The Kier molecular flexibility index (Phi) is 7.10. The van der Waals surface area contributed by atoms with Crippen LogP contribution in [0.15, 0.2) is 18.2 Å². The van der Waals surface area contributed by atoms with Gasteiger partial charge in [0.25, 0.3) is 0 Å². The summed E-state index contributed by atoms with van der Waals surface area (Å²) in [5.74, 6) is -0.802. The molecule has 2 bridgehead atoms. The summed E-state index contributed by atoms with van der Waals surface area (Å²) in [4.78, 5) is 29.7.